The molecule has 5 heteroatoms. The lowest BCUT2D eigenvalue weighted by Crippen LogP contribution is -2.22. The second-order valence-corrected chi connectivity index (χ2v) is 5.83. The molecule has 2 aliphatic rings. The van der Waals surface area contributed by atoms with Crippen LogP contribution in [-0.2, 0) is 10.6 Å². The summed E-state index contributed by atoms with van der Waals surface area (Å²) in [7, 11) is 1.69. The van der Waals surface area contributed by atoms with Crippen LogP contribution in [0, 0.1) is 0 Å². The van der Waals surface area contributed by atoms with E-state index in [9.17, 15) is 0 Å². The highest BCUT2D eigenvalue weighted by atomic mass is 35.5. The van der Waals surface area contributed by atoms with E-state index >= 15 is 0 Å². The fraction of sp³-hybridized carbons (Fsp3) is 0.533. The molecule has 3 unspecified atom stereocenters. The Bertz CT molecular complexity index is 655. The molecule has 106 valence electrons. The Labute approximate surface area is 122 Å². The van der Waals surface area contributed by atoms with Crippen LogP contribution >= 0.6 is 11.6 Å². The van der Waals surface area contributed by atoms with Gasteiger partial charge in [0, 0.05) is 6.07 Å². The summed E-state index contributed by atoms with van der Waals surface area (Å²) in [6.45, 7) is 0. The summed E-state index contributed by atoms with van der Waals surface area (Å²) in [4.78, 5) is 4.65. The summed E-state index contributed by atoms with van der Waals surface area (Å²) in [5, 5.41) is 0. The molecule has 20 heavy (non-hydrogen) atoms. The van der Waals surface area contributed by atoms with E-state index in [1.807, 2.05) is 18.2 Å². The van der Waals surface area contributed by atoms with Gasteiger partial charge in [-0.05, 0) is 31.4 Å². The van der Waals surface area contributed by atoms with E-state index in [4.69, 9.17) is 21.1 Å². The van der Waals surface area contributed by atoms with Crippen LogP contribution in [0.3, 0.4) is 0 Å². The molecule has 1 aromatic heterocycles. The molecule has 0 amide bonds. The molecule has 0 radical (unpaired) electrons. The molecule has 1 aromatic carbocycles. The van der Waals surface area contributed by atoms with Gasteiger partial charge in [0.25, 0.3) is 0 Å². The van der Waals surface area contributed by atoms with Crippen LogP contribution in [0.5, 0.6) is 5.75 Å². The Morgan fingerprint density at radius 3 is 3.00 bits per heavy atom. The summed E-state index contributed by atoms with van der Waals surface area (Å²) in [5.74, 6) is 2.20. The van der Waals surface area contributed by atoms with Crippen molar-refractivity contribution in [3.05, 3.63) is 24.0 Å². The highest BCUT2D eigenvalue weighted by Gasteiger charge is 2.42. The van der Waals surface area contributed by atoms with Gasteiger partial charge < -0.3 is 14.0 Å². The van der Waals surface area contributed by atoms with E-state index in [1.165, 1.54) is 6.42 Å². The average molecular weight is 293 g/mol. The Morgan fingerprint density at radius 1 is 1.45 bits per heavy atom. The minimum Gasteiger partial charge on any atom is -0.497 e. The van der Waals surface area contributed by atoms with Gasteiger partial charge in [-0.15, -0.1) is 11.6 Å². The summed E-state index contributed by atoms with van der Waals surface area (Å²) >= 11 is 6.10. The van der Waals surface area contributed by atoms with Gasteiger partial charge in [-0.2, -0.15) is 0 Å². The van der Waals surface area contributed by atoms with Crippen LogP contribution < -0.4 is 4.74 Å². The molecule has 4 nitrogen and oxygen atoms in total. The molecular weight excluding hydrogens is 276 g/mol. The quantitative estimate of drug-likeness (QED) is 0.815. The van der Waals surface area contributed by atoms with Gasteiger partial charge in [0.05, 0.1) is 42.3 Å². The number of hydrogen-bond acceptors (Lipinski definition) is 3. The Morgan fingerprint density at radius 2 is 2.35 bits per heavy atom. The van der Waals surface area contributed by atoms with Crippen molar-refractivity contribution >= 4 is 22.6 Å². The molecule has 3 atom stereocenters. The van der Waals surface area contributed by atoms with Crippen molar-refractivity contribution in [3.8, 4) is 5.75 Å². The Kier molecular flexibility index (Phi) is 2.89. The predicted molar refractivity (Wildman–Crippen MR) is 77.4 cm³/mol. The summed E-state index contributed by atoms with van der Waals surface area (Å²) in [5.41, 5.74) is 2.07. The molecule has 3 heterocycles. The zero-order chi connectivity index (χ0) is 13.7. The number of benzene rings is 1. The molecule has 4 rings (SSSR count). The van der Waals surface area contributed by atoms with Crippen LogP contribution in [0.15, 0.2) is 18.2 Å². The van der Waals surface area contributed by atoms with Crippen molar-refractivity contribution in [2.45, 2.75) is 43.4 Å². The van der Waals surface area contributed by atoms with Gasteiger partial charge in [0.15, 0.2) is 0 Å². The second kappa shape index (κ2) is 4.64. The first-order chi connectivity index (χ1) is 9.80. The summed E-state index contributed by atoms with van der Waals surface area (Å²) in [6, 6.07) is 6.34. The zero-order valence-corrected chi connectivity index (χ0v) is 12.1. The van der Waals surface area contributed by atoms with Gasteiger partial charge in [-0.1, -0.05) is 0 Å². The number of nitrogens with zero attached hydrogens (tertiary/aromatic N) is 2. The molecule has 2 saturated heterocycles. The molecule has 0 saturated carbocycles. The summed E-state index contributed by atoms with van der Waals surface area (Å²) < 4.78 is 13.6. The molecule has 0 N–H and O–H groups in total. The molecule has 2 fully saturated rings. The van der Waals surface area contributed by atoms with Crippen LogP contribution in [0.4, 0.5) is 0 Å². The molecular formula is C15H17ClN2O2. The number of aromatic nitrogens is 2. The zero-order valence-electron chi connectivity index (χ0n) is 11.4. The number of imidazole rings is 1. The highest BCUT2D eigenvalue weighted by Crippen LogP contribution is 2.43. The molecule has 0 spiro atoms. The number of fused-ring (bicyclic) bond motifs is 3. The first-order valence-corrected chi connectivity index (χ1v) is 7.60. The lowest BCUT2D eigenvalue weighted by molar-refractivity contribution is 0.0940. The standard InChI is InChI=1S/C15H17ClN2O2/c1-19-9-2-4-11-12(6-9)18(15(8-16)17-11)13-7-10-3-5-14(13)20-10/h2,4,6,10,13-14H,3,5,7-8H2,1H3. The smallest absolute Gasteiger partial charge is 0.125 e. The van der Waals surface area contributed by atoms with E-state index in [1.54, 1.807) is 7.11 Å². The lowest BCUT2D eigenvalue weighted by atomic mass is 9.95. The first-order valence-electron chi connectivity index (χ1n) is 7.06. The van der Waals surface area contributed by atoms with E-state index in [2.05, 4.69) is 9.55 Å². The molecule has 2 aliphatic heterocycles. The van der Waals surface area contributed by atoms with Crippen molar-refractivity contribution in [3.63, 3.8) is 0 Å². The van der Waals surface area contributed by atoms with Crippen molar-refractivity contribution in [2.75, 3.05) is 7.11 Å². The van der Waals surface area contributed by atoms with Crippen LogP contribution in [-0.4, -0.2) is 28.9 Å². The maximum absolute atomic E-state index is 6.10. The van der Waals surface area contributed by atoms with Crippen molar-refractivity contribution in [1.29, 1.82) is 0 Å². The van der Waals surface area contributed by atoms with Crippen molar-refractivity contribution in [1.82, 2.24) is 9.55 Å². The van der Waals surface area contributed by atoms with Crippen molar-refractivity contribution in [2.24, 2.45) is 0 Å². The van der Waals surface area contributed by atoms with Gasteiger partial charge in [-0.25, -0.2) is 4.98 Å². The Hall–Kier alpha value is -1.26. The van der Waals surface area contributed by atoms with E-state index in [0.29, 0.717) is 24.1 Å². The van der Waals surface area contributed by atoms with E-state index in [0.717, 1.165) is 35.4 Å². The fourth-order valence-electron chi connectivity index (χ4n) is 3.60. The average Bonchev–Trinajstić information content (AvgIpc) is 3.18. The monoisotopic (exact) mass is 292 g/mol. The SMILES string of the molecule is COc1ccc2nc(CCl)n(C3CC4CCC3O4)c2c1. The van der Waals surface area contributed by atoms with Crippen LogP contribution in [0.25, 0.3) is 11.0 Å². The minimum atomic E-state index is 0.311. The van der Waals surface area contributed by atoms with Gasteiger partial charge in [-0.3, -0.25) is 0 Å². The third kappa shape index (κ3) is 1.75. The van der Waals surface area contributed by atoms with Gasteiger partial charge >= 0.3 is 0 Å². The topological polar surface area (TPSA) is 36.3 Å². The van der Waals surface area contributed by atoms with Crippen LogP contribution in [0.1, 0.15) is 31.1 Å². The maximum atomic E-state index is 6.10. The molecule has 2 bridgehead atoms. The highest BCUT2D eigenvalue weighted by molar-refractivity contribution is 6.16. The third-order valence-electron chi connectivity index (χ3n) is 4.49. The first kappa shape index (κ1) is 12.5. The van der Waals surface area contributed by atoms with Gasteiger partial charge in [0.1, 0.15) is 11.6 Å². The largest absolute Gasteiger partial charge is 0.497 e. The number of alkyl halides is 1. The fourth-order valence-corrected chi connectivity index (χ4v) is 3.79. The lowest BCUT2D eigenvalue weighted by Gasteiger charge is -2.22. The van der Waals surface area contributed by atoms with E-state index < -0.39 is 0 Å². The summed E-state index contributed by atoms with van der Waals surface area (Å²) in [6.07, 6.45) is 4.12. The van der Waals surface area contributed by atoms with Crippen LogP contribution in [0.2, 0.25) is 0 Å². The minimum absolute atomic E-state index is 0.311. The Balaban J connectivity index is 1.87. The molecule has 0 aliphatic carbocycles. The second-order valence-electron chi connectivity index (χ2n) is 5.56. The number of rotatable bonds is 3. The van der Waals surface area contributed by atoms with E-state index in [-0.39, 0.29) is 0 Å². The van der Waals surface area contributed by atoms with Crippen molar-refractivity contribution < 1.29 is 9.47 Å². The normalized spacial score (nSPS) is 28.4. The number of hydrogen-bond donors (Lipinski definition) is 0. The van der Waals surface area contributed by atoms with Gasteiger partial charge in [0.2, 0.25) is 0 Å². The number of ether oxygens (including phenoxy) is 2. The number of halogens is 1. The number of methoxy groups -OCH3 is 1. The molecule has 2 aromatic rings. The predicted octanol–water partition coefficient (Wildman–Crippen LogP) is 3.28. The maximum Gasteiger partial charge on any atom is 0.125 e. The third-order valence-corrected chi connectivity index (χ3v) is 4.73.